The van der Waals surface area contributed by atoms with Crippen molar-refractivity contribution < 1.29 is 14.0 Å². The summed E-state index contributed by atoms with van der Waals surface area (Å²) in [5.41, 5.74) is 7.19. The van der Waals surface area contributed by atoms with Crippen LogP contribution < -0.4 is 15.2 Å². The van der Waals surface area contributed by atoms with Gasteiger partial charge < -0.3 is 19.7 Å². The molecule has 112 valence electrons. The Hall–Kier alpha value is -3.02. The van der Waals surface area contributed by atoms with Crippen molar-refractivity contribution in [3.63, 3.8) is 0 Å². The van der Waals surface area contributed by atoms with Crippen LogP contribution in [0.4, 0.5) is 5.69 Å². The summed E-state index contributed by atoms with van der Waals surface area (Å²) in [4.78, 5) is 4.30. The van der Waals surface area contributed by atoms with Crippen LogP contribution in [-0.4, -0.2) is 17.3 Å². The molecule has 0 aliphatic carbocycles. The van der Waals surface area contributed by atoms with Gasteiger partial charge in [-0.2, -0.15) is 4.98 Å². The summed E-state index contributed by atoms with van der Waals surface area (Å²) < 4.78 is 15.9. The van der Waals surface area contributed by atoms with E-state index in [-0.39, 0.29) is 6.61 Å². The maximum atomic E-state index is 5.81. The number of hydrogen-bond donors (Lipinski definition) is 1. The predicted octanol–water partition coefficient (Wildman–Crippen LogP) is 2.91. The largest absolute Gasteiger partial charge is 0.497 e. The van der Waals surface area contributed by atoms with Crippen LogP contribution in [0.25, 0.3) is 11.4 Å². The van der Waals surface area contributed by atoms with E-state index in [1.807, 2.05) is 36.4 Å². The van der Waals surface area contributed by atoms with Gasteiger partial charge in [0.05, 0.1) is 12.8 Å². The second-order valence-corrected chi connectivity index (χ2v) is 4.57. The fourth-order valence-corrected chi connectivity index (χ4v) is 1.94. The summed E-state index contributed by atoms with van der Waals surface area (Å²) in [5.74, 6) is 2.18. The lowest BCUT2D eigenvalue weighted by atomic mass is 10.2. The van der Waals surface area contributed by atoms with Crippen LogP contribution in [0.3, 0.4) is 0 Å². The molecule has 0 radical (unpaired) electrons. The van der Waals surface area contributed by atoms with Crippen LogP contribution >= 0.6 is 0 Å². The molecular formula is C16H15N3O3. The smallest absolute Gasteiger partial charge is 0.264 e. The molecule has 0 aliphatic heterocycles. The predicted molar refractivity (Wildman–Crippen MR) is 81.5 cm³/mol. The number of rotatable bonds is 5. The van der Waals surface area contributed by atoms with Crippen molar-refractivity contribution in [2.24, 2.45) is 0 Å². The first kappa shape index (κ1) is 13.9. The molecule has 0 aliphatic rings. The molecule has 1 aromatic heterocycles. The third-order valence-electron chi connectivity index (χ3n) is 3.07. The second-order valence-electron chi connectivity index (χ2n) is 4.57. The van der Waals surface area contributed by atoms with E-state index in [0.717, 1.165) is 11.3 Å². The van der Waals surface area contributed by atoms with Gasteiger partial charge in [-0.05, 0) is 24.3 Å². The standard InChI is InChI=1S/C16H15N3O3/c1-20-12-6-4-5-11(9-12)16-18-15(22-19-16)10-21-14-8-3-2-7-13(14)17/h2-9H,10,17H2,1H3. The first-order valence-electron chi connectivity index (χ1n) is 6.70. The van der Waals surface area contributed by atoms with Crippen molar-refractivity contribution in [2.75, 3.05) is 12.8 Å². The fraction of sp³-hybridized carbons (Fsp3) is 0.125. The summed E-state index contributed by atoms with van der Waals surface area (Å²) in [6.07, 6.45) is 0. The topological polar surface area (TPSA) is 83.4 Å². The zero-order chi connectivity index (χ0) is 15.4. The number of nitrogen functional groups attached to an aromatic ring is 1. The average Bonchev–Trinajstić information content (AvgIpc) is 3.03. The van der Waals surface area contributed by atoms with Gasteiger partial charge in [-0.15, -0.1) is 0 Å². The molecule has 0 unspecified atom stereocenters. The van der Waals surface area contributed by atoms with E-state index in [1.54, 1.807) is 19.2 Å². The number of benzene rings is 2. The van der Waals surface area contributed by atoms with Gasteiger partial charge in [0.2, 0.25) is 5.82 Å². The lowest BCUT2D eigenvalue weighted by molar-refractivity contribution is 0.244. The highest BCUT2D eigenvalue weighted by Crippen LogP contribution is 2.23. The van der Waals surface area contributed by atoms with Crippen LogP contribution in [0, 0.1) is 0 Å². The lowest BCUT2D eigenvalue weighted by Crippen LogP contribution is -1.98. The lowest BCUT2D eigenvalue weighted by Gasteiger charge is -2.05. The Morgan fingerprint density at radius 3 is 2.82 bits per heavy atom. The summed E-state index contributed by atoms with van der Waals surface area (Å²) in [6, 6.07) is 14.7. The molecule has 6 heteroatoms. The molecule has 2 N–H and O–H groups in total. The maximum absolute atomic E-state index is 5.81. The van der Waals surface area contributed by atoms with Crippen molar-refractivity contribution in [3.05, 3.63) is 54.4 Å². The molecule has 1 heterocycles. The minimum absolute atomic E-state index is 0.158. The first-order valence-corrected chi connectivity index (χ1v) is 6.70. The Balaban J connectivity index is 1.72. The molecule has 3 aromatic rings. The molecule has 2 aromatic carbocycles. The normalized spacial score (nSPS) is 10.4. The van der Waals surface area contributed by atoms with Crippen LogP contribution in [0.2, 0.25) is 0 Å². The monoisotopic (exact) mass is 297 g/mol. The van der Waals surface area contributed by atoms with E-state index in [4.69, 9.17) is 19.7 Å². The number of ether oxygens (including phenoxy) is 2. The minimum Gasteiger partial charge on any atom is -0.497 e. The van der Waals surface area contributed by atoms with Crippen molar-refractivity contribution in [1.82, 2.24) is 10.1 Å². The van der Waals surface area contributed by atoms with Crippen LogP contribution in [0.15, 0.2) is 53.1 Å². The molecular weight excluding hydrogens is 282 g/mol. The quantitative estimate of drug-likeness (QED) is 0.729. The van der Waals surface area contributed by atoms with Crippen molar-refractivity contribution in [3.8, 4) is 22.9 Å². The molecule has 0 atom stereocenters. The van der Waals surface area contributed by atoms with E-state index in [1.165, 1.54) is 0 Å². The fourth-order valence-electron chi connectivity index (χ4n) is 1.94. The Kier molecular flexibility index (Phi) is 3.91. The highest BCUT2D eigenvalue weighted by Gasteiger charge is 2.10. The summed E-state index contributed by atoms with van der Waals surface area (Å²) >= 11 is 0. The number of methoxy groups -OCH3 is 1. The molecule has 3 rings (SSSR count). The van der Waals surface area contributed by atoms with Gasteiger partial charge in [-0.3, -0.25) is 0 Å². The highest BCUT2D eigenvalue weighted by atomic mass is 16.5. The molecule has 0 saturated carbocycles. The van der Waals surface area contributed by atoms with Gasteiger partial charge in [0.1, 0.15) is 11.5 Å². The van der Waals surface area contributed by atoms with Gasteiger partial charge in [-0.1, -0.05) is 29.4 Å². The Bertz CT molecular complexity index is 771. The molecule has 0 fully saturated rings. The van der Waals surface area contributed by atoms with E-state index in [0.29, 0.717) is 23.2 Å². The number of para-hydroxylation sites is 2. The minimum atomic E-state index is 0.158. The van der Waals surface area contributed by atoms with Gasteiger partial charge in [0, 0.05) is 5.56 Å². The van der Waals surface area contributed by atoms with Crippen molar-refractivity contribution in [2.45, 2.75) is 6.61 Å². The van der Waals surface area contributed by atoms with Crippen molar-refractivity contribution in [1.29, 1.82) is 0 Å². The summed E-state index contributed by atoms with van der Waals surface area (Å²) in [6.45, 7) is 0.158. The molecule has 0 amide bonds. The SMILES string of the molecule is COc1cccc(-c2noc(COc3ccccc3N)n2)c1. The first-order chi connectivity index (χ1) is 10.8. The van der Waals surface area contributed by atoms with E-state index in [9.17, 15) is 0 Å². The average molecular weight is 297 g/mol. The Labute approximate surface area is 127 Å². The van der Waals surface area contributed by atoms with Gasteiger partial charge >= 0.3 is 0 Å². The number of aromatic nitrogens is 2. The Morgan fingerprint density at radius 2 is 2.00 bits per heavy atom. The van der Waals surface area contributed by atoms with Crippen LogP contribution in [0.5, 0.6) is 11.5 Å². The van der Waals surface area contributed by atoms with Gasteiger partial charge in [0.15, 0.2) is 6.61 Å². The molecule has 22 heavy (non-hydrogen) atoms. The zero-order valence-corrected chi connectivity index (χ0v) is 12.0. The van der Waals surface area contributed by atoms with Gasteiger partial charge in [-0.25, -0.2) is 0 Å². The molecule has 0 spiro atoms. The van der Waals surface area contributed by atoms with Crippen LogP contribution in [-0.2, 0) is 6.61 Å². The molecule has 0 saturated heterocycles. The van der Waals surface area contributed by atoms with Crippen LogP contribution in [0.1, 0.15) is 5.89 Å². The van der Waals surface area contributed by atoms with Crippen molar-refractivity contribution >= 4 is 5.69 Å². The molecule has 0 bridgehead atoms. The third-order valence-corrected chi connectivity index (χ3v) is 3.07. The zero-order valence-electron chi connectivity index (χ0n) is 12.0. The third kappa shape index (κ3) is 3.01. The van der Waals surface area contributed by atoms with E-state index >= 15 is 0 Å². The van der Waals surface area contributed by atoms with E-state index in [2.05, 4.69) is 10.1 Å². The number of nitrogens with zero attached hydrogens (tertiary/aromatic N) is 2. The maximum Gasteiger partial charge on any atom is 0.264 e. The highest BCUT2D eigenvalue weighted by molar-refractivity contribution is 5.56. The number of hydrogen-bond acceptors (Lipinski definition) is 6. The second kappa shape index (κ2) is 6.17. The summed E-state index contributed by atoms with van der Waals surface area (Å²) in [7, 11) is 1.61. The number of nitrogens with two attached hydrogens (primary N) is 1. The van der Waals surface area contributed by atoms with Gasteiger partial charge in [0.25, 0.3) is 5.89 Å². The number of anilines is 1. The molecule has 6 nitrogen and oxygen atoms in total. The summed E-state index contributed by atoms with van der Waals surface area (Å²) in [5, 5.41) is 3.94. The Morgan fingerprint density at radius 1 is 1.14 bits per heavy atom. The van der Waals surface area contributed by atoms with E-state index < -0.39 is 0 Å².